The molecule has 1 N–H and O–H groups in total. The largest absolute Gasteiger partial charge is 0.478 e. The SMILES string of the molecule is COCc1nc2cc(C(=O)O)ccc2n1Cc1ccccc1. The van der Waals surface area contributed by atoms with Crippen molar-refractivity contribution in [2.75, 3.05) is 7.11 Å². The van der Waals surface area contributed by atoms with Crippen LogP contribution in [0.2, 0.25) is 0 Å². The third kappa shape index (κ3) is 2.71. The van der Waals surface area contributed by atoms with Gasteiger partial charge in [0.1, 0.15) is 12.4 Å². The second-order valence-electron chi connectivity index (χ2n) is 5.04. The van der Waals surface area contributed by atoms with Crippen LogP contribution in [0.5, 0.6) is 0 Å². The number of carboxylic acid groups (broad SMARTS) is 1. The number of hydrogen-bond acceptors (Lipinski definition) is 3. The van der Waals surface area contributed by atoms with Crippen molar-refractivity contribution >= 4 is 17.0 Å². The molecule has 1 heterocycles. The lowest BCUT2D eigenvalue weighted by Crippen LogP contribution is -2.06. The van der Waals surface area contributed by atoms with E-state index < -0.39 is 5.97 Å². The minimum atomic E-state index is -0.951. The van der Waals surface area contributed by atoms with Crippen LogP contribution < -0.4 is 0 Å². The first-order chi connectivity index (χ1) is 10.7. The van der Waals surface area contributed by atoms with Gasteiger partial charge in [0.25, 0.3) is 0 Å². The number of methoxy groups -OCH3 is 1. The Balaban J connectivity index is 2.09. The molecule has 0 saturated carbocycles. The third-order valence-corrected chi connectivity index (χ3v) is 3.53. The summed E-state index contributed by atoms with van der Waals surface area (Å²) in [5, 5.41) is 9.10. The van der Waals surface area contributed by atoms with E-state index in [2.05, 4.69) is 9.55 Å². The Hall–Kier alpha value is -2.66. The topological polar surface area (TPSA) is 64.3 Å². The number of benzene rings is 2. The zero-order chi connectivity index (χ0) is 15.5. The summed E-state index contributed by atoms with van der Waals surface area (Å²) in [5.74, 6) is -0.170. The molecule has 3 rings (SSSR count). The molecule has 0 unspecified atom stereocenters. The van der Waals surface area contributed by atoms with E-state index in [1.807, 2.05) is 30.3 Å². The lowest BCUT2D eigenvalue weighted by Gasteiger charge is -2.09. The van der Waals surface area contributed by atoms with E-state index in [1.165, 1.54) is 0 Å². The Morgan fingerprint density at radius 2 is 2.00 bits per heavy atom. The average Bonchev–Trinajstić information content (AvgIpc) is 2.85. The van der Waals surface area contributed by atoms with Crippen molar-refractivity contribution in [1.82, 2.24) is 9.55 Å². The van der Waals surface area contributed by atoms with Gasteiger partial charge in [-0.1, -0.05) is 30.3 Å². The van der Waals surface area contributed by atoms with Crippen molar-refractivity contribution in [3.05, 3.63) is 65.5 Å². The maximum atomic E-state index is 11.1. The van der Waals surface area contributed by atoms with E-state index in [0.717, 1.165) is 16.9 Å². The van der Waals surface area contributed by atoms with E-state index in [4.69, 9.17) is 9.84 Å². The highest BCUT2D eigenvalue weighted by Crippen LogP contribution is 2.20. The number of imidazole rings is 1. The van der Waals surface area contributed by atoms with Crippen LogP contribution in [0.1, 0.15) is 21.7 Å². The molecule has 5 heteroatoms. The summed E-state index contributed by atoms with van der Waals surface area (Å²) in [6.07, 6.45) is 0. The number of nitrogens with zero attached hydrogens (tertiary/aromatic N) is 2. The van der Waals surface area contributed by atoms with Crippen molar-refractivity contribution in [2.45, 2.75) is 13.2 Å². The zero-order valence-corrected chi connectivity index (χ0v) is 12.2. The van der Waals surface area contributed by atoms with Crippen LogP contribution in [-0.2, 0) is 17.9 Å². The molecule has 0 radical (unpaired) electrons. The number of aromatic nitrogens is 2. The maximum absolute atomic E-state index is 11.1. The van der Waals surface area contributed by atoms with Gasteiger partial charge in [-0.25, -0.2) is 9.78 Å². The van der Waals surface area contributed by atoms with Crippen molar-refractivity contribution in [3.63, 3.8) is 0 Å². The molecule has 0 aliphatic rings. The molecule has 22 heavy (non-hydrogen) atoms. The van der Waals surface area contributed by atoms with Crippen LogP contribution in [0, 0.1) is 0 Å². The molecule has 0 aliphatic carbocycles. The molecule has 5 nitrogen and oxygen atoms in total. The third-order valence-electron chi connectivity index (χ3n) is 3.53. The fourth-order valence-electron chi connectivity index (χ4n) is 2.49. The van der Waals surface area contributed by atoms with Crippen LogP contribution in [0.3, 0.4) is 0 Å². The highest BCUT2D eigenvalue weighted by atomic mass is 16.5. The second kappa shape index (κ2) is 5.99. The van der Waals surface area contributed by atoms with Gasteiger partial charge < -0.3 is 14.4 Å². The standard InChI is InChI=1S/C17H16N2O3/c1-22-11-16-18-14-9-13(17(20)21)7-8-15(14)19(16)10-12-5-3-2-4-6-12/h2-9H,10-11H2,1H3,(H,20,21). The number of aromatic carboxylic acids is 1. The molecule has 0 amide bonds. The zero-order valence-electron chi connectivity index (χ0n) is 12.2. The predicted molar refractivity (Wildman–Crippen MR) is 82.9 cm³/mol. The number of carboxylic acids is 1. The molecular weight excluding hydrogens is 280 g/mol. The molecular formula is C17H16N2O3. The fourth-order valence-corrected chi connectivity index (χ4v) is 2.49. The molecule has 0 aliphatic heterocycles. The normalized spacial score (nSPS) is 11.0. The van der Waals surface area contributed by atoms with Gasteiger partial charge in [-0.3, -0.25) is 0 Å². The van der Waals surface area contributed by atoms with Gasteiger partial charge in [-0.05, 0) is 23.8 Å². The van der Waals surface area contributed by atoms with Gasteiger partial charge in [0.15, 0.2) is 0 Å². The lowest BCUT2D eigenvalue weighted by molar-refractivity contribution is 0.0697. The van der Waals surface area contributed by atoms with E-state index in [-0.39, 0.29) is 5.56 Å². The monoisotopic (exact) mass is 296 g/mol. The van der Waals surface area contributed by atoms with Crippen LogP contribution in [0.15, 0.2) is 48.5 Å². The minimum absolute atomic E-state index is 0.237. The molecule has 2 aromatic carbocycles. The molecule has 1 aromatic heterocycles. The Bertz CT molecular complexity index is 809. The van der Waals surface area contributed by atoms with E-state index in [9.17, 15) is 4.79 Å². The summed E-state index contributed by atoms with van der Waals surface area (Å²) in [6, 6.07) is 15.1. The van der Waals surface area contributed by atoms with Crippen LogP contribution >= 0.6 is 0 Å². The average molecular weight is 296 g/mol. The molecule has 0 saturated heterocycles. The van der Waals surface area contributed by atoms with E-state index in [0.29, 0.717) is 18.7 Å². The Labute approximate surface area is 127 Å². The summed E-state index contributed by atoms with van der Waals surface area (Å²) in [5.41, 5.74) is 2.96. The van der Waals surface area contributed by atoms with Crippen molar-refractivity contribution < 1.29 is 14.6 Å². The summed E-state index contributed by atoms with van der Waals surface area (Å²) in [7, 11) is 1.62. The second-order valence-corrected chi connectivity index (χ2v) is 5.04. The quantitative estimate of drug-likeness (QED) is 0.786. The first kappa shape index (κ1) is 14.3. The molecule has 0 fully saturated rings. The van der Waals surface area contributed by atoms with E-state index in [1.54, 1.807) is 25.3 Å². The van der Waals surface area contributed by atoms with Crippen molar-refractivity contribution in [2.24, 2.45) is 0 Å². The summed E-state index contributed by atoms with van der Waals surface area (Å²) in [4.78, 5) is 15.6. The highest BCUT2D eigenvalue weighted by Gasteiger charge is 2.13. The number of rotatable bonds is 5. The van der Waals surface area contributed by atoms with Gasteiger partial charge in [0.05, 0.1) is 16.6 Å². The highest BCUT2D eigenvalue weighted by molar-refractivity contribution is 5.92. The summed E-state index contributed by atoms with van der Waals surface area (Å²) in [6.45, 7) is 1.05. The van der Waals surface area contributed by atoms with Crippen LogP contribution in [0.4, 0.5) is 0 Å². The summed E-state index contributed by atoms with van der Waals surface area (Å²) < 4.78 is 7.27. The van der Waals surface area contributed by atoms with Gasteiger partial charge in [-0.15, -0.1) is 0 Å². The number of hydrogen-bond donors (Lipinski definition) is 1. The van der Waals surface area contributed by atoms with Crippen LogP contribution in [0.25, 0.3) is 11.0 Å². The number of fused-ring (bicyclic) bond motifs is 1. The molecule has 112 valence electrons. The van der Waals surface area contributed by atoms with E-state index >= 15 is 0 Å². The van der Waals surface area contributed by atoms with Crippen LogP contribution in [-0.4, -0.2) is 27.7 Å². The Morgan fingerprint density at radius 3 is 2.68 bits per heavy atom. The van der Waals surface area contributed by atoms with Crippen molar-refractivity contribution in [3.8, 4) is 0 Å². The Kier molecular flexibility index (Phi) is 3.89. The minimum Gasteiger partial charge on any atom is -0.478 e. The smallest absolute Gasteiger partial charge is 0.335 e. The Morgan fingerprint density at radius 1 is 1.23 bits per heavy atom. The molecule has 0 bridgehead atoms. The molecule has 0 atom stereocenters. The van der Waals surface area contributed by atoms with Gasteiger partial charge in [-0.2, -0.15) is 0 Å². The maximum Gasteiger partial charge on any atom is 0.335 e. The fraction of sp³-hybridized carbons (Fsp3) is 0.176. The number of ether oxygens (including phenoxy) is 1. The summed E-state index contributed by atoms with van der Waals surface area (Å²) >= 11 is 0. The number of carbonyl (C=O) groups is 1. The first-order valence-electron chi connectivity index (χ1n) is 6.94. The van der Waals surface area contributed by atoms with Gasteiger partial charge in [0, 0.05) is 13.7 Å². The predicted octanol–water partition coefficient (Wildman–Crippen LogP) is 2.93. The van der Waals surface area contributed by atoms with Gasteiger partial charge >= 0.3 is 5.97 Å². The first-order valence-corrected chi connectivity index (χ1v) is 6.94. The molecule has 0 spiro atoms. The lowest BCUT2D eigenvalue weighted by atomic mass is 10.2. The van der Waals surface area contributed by atoms with Crippen molar-refractivity contribution in [1.29, 1.82) is 0 Å². The molecule has 3 aromatic rings. The van der Waals surface area contributed by atoms with Gasteiger partial charge in [0.2, 0.25) is 0 Å².